The summed E-state index contributed by atoms with van der Waals surface area (Å²) in [5, 5.41) is 6.30. The minimum absolute atomic E-state index is 0.614. The van der Waals surface area contributed by atoms with E-state index in [1.807, 2.05) is 22.7 Å². The molecule has 4 aromatic rings. The van der Waals surface area contributed by atoms with Crippen LogP contribution in [0.4, 0.5) is 0 Å². The zero-order valence-corrected chi connectivity index (χ0v) is 13.6. The second kappa shape index (κ2) is 3.82. The molecule has 1 radical (unpaired) electrons. The van der Waals surface area contributed by atoms with Crippen LogP contribution in [-0.4, -0.2) is 8.80 Å². The summed E-state index contributed by atoms with van der Waals surface area (Å²) in [5.74, 6) is 0. The molecule has 0 fully saturated rings. The van der Waals surface area contributed by atoms with E-state index in [2.05, 4.69) is 55.1 Å². The molecule has 0 N–H and O–H groups in total. The third-order valence-electron chi connectivity index (χ3n) is 4.15. The van der Waals surface area contributed by atoms with Gasteiger partial charge in [-0.3, -0.25) is 0 Å². The lowest BCUT2D eigenvalue weighted by Gasteiger charge is -2.04. The van der Waals surface area contributed by atoms with Gasteiger partial charge in [0.1, 0.15) is 8.80 Å². The van der Waals surface area contributed by atoms with Crippen molar-refractivity contribution in [2.45, 2.75) is 6.55 Å². The van der Waals surface area contributed by atoms with Crippen LogP contribution in [0.3, 0.4) is 0 Å². The van der Waals surface area contributed by atoms with Crippen LogP contribution in [0, 0.1) is 0 Å². The molecule has 0 bridgehead atoms. The van der Waals surface area contributed by atoms with Gasteiger partial charge in [-0.25, -0.2) is 0 Å². The average Bonchev–Trinajstić information content (AvgIpc) is 3.10. The zero-order valence-electron chi connectivity index (χ0n) is 10.9. The molecular formula is C17H11S2Si. The molecule has 0 nitrogen and oxygen atoms in total. The van der Waals surface area contributed by atoms with Crippen LogP contribution in [0.2, 0.25) is 6.55 Å². The minimum atomic E-state index is -0.614. The smallest absolute Gasteiger partial charge is 0.123 e. The largest absolute Gasteiger partial charge is 0.134 e. The number of rotatable bonds is 0. The quantitative estimate of drug-likeness (QED) is 0.424. The Morgan fingerprint density at radius 2 is 1.15 bits per heavy atom. The van der Waals surface area contributed by atoms with Gasteiger partial charge in [0, 0.05) is 19.2 Å². The van der Waals surface area contributed by atoms with E-state index in [0.717, 1.165) is 0 Å². The Labute approximate surface area is 126 Å². The Morgan fingerprint density at radius 3 is 1.65 bits per heavy atom. The highest BCUT2D eigenvalue weighted by atomic mass is 32.1. The molecule has 0 aliphatic carbocycles. The van der Waals surface area contributed by atoms with Crippen molar-refractivity contribution in [3.63, 3.8) is 0 Å². The van der Waals surface area contributed by atoms with Gasteiger partial charge in [0.15, 0.2) is 0 Å². The summed E-state index contributed by atoms with van der Waals surface area (Å²) in [4.78, 5) is 3.11. The highest BCUT2D eigenvalue weighted by Crippen LogP contribution is 2.41. The average molecular weight is 307 g/mol. The van der Waals surface area contributed by atoms with E-state index in [0.29, 0.717) is 0 Å². The second-order valence-corrected chi connectivity index (χ2v) is 9.58. The summed E-state index contributed by atoms with van der Waals surface area (Å²) < 4.78 is 2.90. The Bertz CT molecular complexity index is 897. The van der Waals surface area contributed by atoms with Crippen LogP contribution in [-0.2, 0) is 0 Å². The third kappa shape index (κ3) is 1.26. The van der Waals surface area contributed by atoms with Crippen molar-refractivity contribution < 1.29 is 0 Å². The molecule has 2 aromatic carbocycles. The van der Waals surface area contributed by atoms with Crippen molar-refractivity contribution in [3.8, 4) is 9.75 Å². The van der Waals surface area contributed by atoms with E-state index in [4.69, 9.17) is 0 Å². The van der Waals surface area contributed by atoms with E-state index >= 15 is 0 Å². The summed E-state index contributed by atoms with van der Waals surface area (Å²) in [6.45, 7) is 2.47. The van der Waals surface area contributed by atoms with Crippen molar-refractivity contribution in [1.29, 1.82) is 0 Å². The van der Waals surface area contributed by atoms with Gasteiger partial charge in [0.2, 0.25) is 0 Å². The summed E-state index contributed by atoms with van der Waals surface area (Å²) in [6, 6.07) is 17.8. The number of hydrogen-bond acceptors (Lipinski definition) is 2. The van der Waals surface area contributed by atoms with Gasteiger partial charge in [-0.2, -0.15) is 0 Å². The van der Waals surface area contributed by atoms with Gasteiger partial charge in [0.25, 0.3) is 0 Å². The van der Waals surface area contributed by atoms with Gasteiger partial charge < -0.3 is 0 Å². The molecule has 20 heavy (non-hydrogen) atoms. The van der Waals surface area contributed by atoms with Crippen molar-refractivity contribution in [2.24, 2.45) is 0 Å². The number of fused-ring (bicyclic) bond motifs is 7. The molecule has 0 unspecified atom stereocenters. The highest BCUT2D eigenvalue weighted by molar-refractivity contribution is 7.33. The van der Waals surface area contributed by atoms with Crippen molar-refractivity contribution in [1.82, 2.24) is 0 Å². The first-order valence-electron chi connectivity index (χ1n) is 6.72. The van der Waals surface area contributed by atoms with Crippen LogP contribution in [0.1, 0.15) is 0 Å². The molecule has 0 saturated heterocycles. The molecular weight excluding hydrogens is 296 g/mol. The van der Waals surface area contributed by atoms with E-state index in [-0.39, 0.29) is 0 Å². The van der Waals surface area contributed by atoms with E-state index in [1.54, 1.807) is 20.1 Å². The van der Waals surface area contributed by atoms with Crippen LogP contribution in [0.25, 0.3) is 29.9 Å². The minimum Gasteiger partial charge on any atom is -0.134 e. The zero-order chi connectivity index (χ0) is 13.3. The first-order valence-corrected chi connectivity index (χ1v) is 10.4. The third-order valence-corrected chi connectivity index (χ3v) is 9.55. The fourth-order valence-corrected chi connectivity index (χ4v) is 9.65. The monoisotopic (exact) mass is 307 g/mol. The van der Waals surface area contributed by atoms with Crippen LogP contribution < -0.4 is 10.4 Å². The van der Waals surface area contributed by atoms with Crippen LogP contribution in [0.15, 0.2) is 48.5 Å². The maximum Gasteiger partial charge on any atom is 0.123 e. The molecule has 0 saturated carbocycles. The summed E-state index contributed by atoms with van der Waals surface area (Å²) in [7, 11) is -0.614. The molecule has 0 atom stereocenters. The fourth-order valence-electron chi connectivity index (χ4n) is 3.28. The highest BCUT2D eigenvalue weighted by Gasteiger charge is 2.34. The van der Waals surface area contributed by atoms with E-state index in [1.165, 1.54) is 20.2 Å². The first kappa shape index (κ1) is 11.3. The van der Waals surface area contributed by atoms with Crippen molar-refractivity contribution in [2.75, 3.05) is 0 Å². The summed E-state index contributed by atoms with van der Waals surface area (Å²) in [6.07, 6.45) is 0. The van der Waals surface area contributed by atoms with Gasteiger partial charge in [-0.1, -0.05) is 42.9 Å². The SMILES string of the molecule is C[Si]1c2c(sc3ccccc23)-c2sc3ccccc3c21. The maximum atomic E-state index is 2.47. The maximum absolute atomic E-state index is 2.47. The molecule has 2 aromatic heterocycles. The molecule has 95 valence electrons. The number of thiophene rings is 2. The predicted octanol–water partition coefficient (Wildman–Crippen LogP) is 4.34. The lowest BCUT2D eigenvalue weighted by molar-refractivity contribution is 1.86. The normalized spacial score (nSPS) is 14.1. The lowest BCUT2D eigenvalue weighted by atomic mass is 10.2. The van der Waals surface area contributed by atoms with Gasteiger partial charge in [-0.15, -0.1) is 22.7 Å². The molecule has 1 aliphatic rings. The molecule has 0 spiro atoms. The Kier molecular flexibility index (Phi) is 2.15. The lowest BCUT2D eigenvalue weighted by Crippen LogP contribution is -2.34. The number of hydrogen-bond donors (Lipinski definition) is 0. The van der Waals surface area contributed by atoms with E-state index < -0.39 is 8.80 Å². The van der Waals surface area contributed by atoms with Crippen LogP contribution in [0.5, 0.6) is 0 Å². The topological polar surface area (TPSA) is 0 Å². The number of benzene rings is 2. The molecule has 3 heteroatoms. The molecule has 5 rings (SSSR count). The molecule has 0 amide bonds. The fraction of sp³-hybridized carbons (Fsp3) is 0.0588. The van der Waals surface area contributed by atoms with Gasteiger partial charge in [-0.05, 0) is 33.3 Å². The second-order valence-electron chi connectivity index (χ2n) is 5.23. The van der Waals surface area contributed by atoms with Crippen molar-refractivity contribution >= 4 is 62.0 Å². The Balaban J connectivity index is 1.95. The summed E-state index contributed by atoms with van der Waals surface area (Å²) in [5.41, 5.74) is 0. The van der Waals surface area contributed by atoms with E-state index in [9.17, 15) is 0 Å². The summed E-state index contributed by atoms with van der Waals surface area (Å²) >= 11 is 3.97. The Hall–Kier alpha value is -1.42. The van der Waals surface area contributed by atoms with Crippen LogP contribution >= 0.6 is 22.7 Å². The molecule has 3 heterocycles. The van der Waals surface area contributed by atoms with Gasteiger partial charge in [0.05, 0.1) is 0 Å². The van der Waals surface area contributed by atoms with Crippen molar-refractivity contribution in [3.05, 3.63) is 48.5 Å². The standard InChI is InChI=1S/C17H11S2Si/c1-20-16-10-6-2-4-8-12(10)18-14(16)15-17(20)11-7-3-5-9-13(11)19-15/h2-9H,1H3. The predicted molar refractivity (Wildman–Crippen MR) is 93.5 cm³/mol. The molecule has 1 aliphatic heterocycles. The first-order chi connectivity index (χ1) is 9.84. The Morgan fingerprint density at radius 1 is 0.700 bits per heavy atom. The van der Waals surface area contributed by atoms with Gasteiger partial charge >= 0.3 is 0 Å².